The Morgan fingerprint density at radius 1 is 1.17 bits per heavy atom. The molecule has 0 aliphatic rings. The van der Waals surface area contributed by atoms with Crippen molar-refractivity contribution in [1.29, 1.82) is 0 Å². The van der Waals surface area contributed by atoms with Gasteiger partial charge in [-0.1, -0.05) is 48.2 Å². The Bertz CT molecular complexity index is 864. The Balaban J connectivity index is 1.76. The van der Waals surface area contributed by atoms with Gasteiger partial charge in [-0.2, -0.15) is 5.10 Å². The highest BCUT2D eigenvalue weighted by Crippen LogP contribution is 2.29. The topological polar surface area (TPSA) is 64.1 Å². The standard InChI is InChI=1S/C18H17N3O2S/c1-12(17(22)20-15-9-5-6-10-16(15)23-2)24-18-14-8-4-3-7-13(14)11-19-21-18/h3-12H,1-2H3,(H,20,22)/t12-/m1/s1. The lowest BCUT2D eigenvalue weighted by atomic mass is 10.2. The third-order valence-corrected chi connectivity index (χ3v) is 4.65. The molecule has 6 heteroatoms. The monoisotopic (exact) mass is 339 g/mol. The summed E-state index contributed by atoms with van der Waals surface area (Å²) < 4.78 is 5.26. The average molecular weight is 339 g/mol. The van der Waals surface area contributed by atoms with Gasteiger partial charge < -0.3 is 10.1 Å². The van der Waals surface area contributed by atoms with Crippen molar-refractivity contribution >= 4 is 34.1 Å². The van der Waals surface area contributed by atoms with Gasteiger partial charge in [-0.05, 0) is 19.1 Å². The molecule has 122 valence electrons. The smallest absolute Gasteiger partial charge is 0.237 e. The molecule has 0 fully saturated rings. The highest BCUT2D eigenvalue weighted by Gasteiger charge is 2.18. The van der Waals surface area contributed by atoms with Gasteiger partial charge in [-0.3, -0.25) is 4.79 Å². The quantitative estimate of drug-likeness (QED) is 0.717. The zero-order valence-electron chi connectivity index (χ0n) is 13.4. The van der Waals surface area contributed by atoms with E-state index in [1.165, 1.54) is 11.8 Å². The second-order valence-corrected chi connectivity index (χ2v) is 6.52. The lowest BCUT2D eigenvalue weighted by Crippen LogP contribution is -2.22. The molecule has 1 aromatic heterocycles. The largest absolute Gasteiger partial charge is 0.495 e. The molecule has 1 amide bonds. The number of rotatable bonds is 5. The minimum atomic E-state index is -0.324. The SMILES string of the molecule is COc1ccccc1NC(=O)[C@@H](C)Sc1nncc2ccccc12. The number of amides is 1. The Labute approximate surface area is 144 Å². The van der Waals surface area contributed by atoms with Crippen molar-refractivity contribution in [3.63, 3.8) is 0 Å². The fourth-order valence-corrected chi connectivity index (χ4v) is 3.20. The summed E-state index contributed by atoms with van der Waals surface area (Å²) in [6.45, 7) is 1.85. The van der Waals surface area contributed by atoms with Gasteiger partial charge in [0, 0.05) is 10.8 Å². The van der Waals surface area contributed by atoms with E-state index in [1.54, 1.807) is 13.3 Å². The summed E-state index contributed by atoms with van der Waals surface area (Å²) in [6.07, 6.45) is 1.72. The molecule has 24 heavy (non-hydrogen) atoms. The number of methoxy groups -OCH3 is 1. The van der Waals surface area contributed by atoms with Crippen LogP contribution >= 0.6 is 11.8 Å². The van der Waals surface area contributed by atoms with Gasteiger partial charge in [0.05, 0.1) is 24.2 Å². The van der Waals surface area contributed by atoms with E-state index >= 15 is 0 Å². The van der Waals surface area contributed by atoms with E-state index in [1.807, 2.05) is 55.5 Å². The molecule has 0 bridgehead atoms. The second kappa shape index (κ2) is 7.31. The molecule has 5 nitrogen and oxygen atoms in total. The number of hydrogen-bond acceptors (Lipinski definition) is 5. The fraction of sp³-hybridized carbons (Fsp3) is 0.167. The molecule has 1 heterocycles. The molecule has 3 aromatic rings. The number of carbonyl (C=O) groups is 1. The van der Waals surface area contributed by atoms with Crippen LogP contribution in [-0.4, -0.2) is 28.5 Å². The van der Waals surface area contributed by atoms with Gasteiger partial charge in [0.2, 0.25) is 5.91 Å². The average Bonchev–Trinajstić information content (AvgIpc) is 2.62. The summed E-state index contributed by atoms with van der Waals surface area (Å²) in [6, 6.07) is 15.2. The Morgan fingerprint density at radius 3 is 2.75 bits per heavy atom. The zero-order valence-corrected chi connectivity index (χ0v) is 14.2. The number of benzene rings is 2. The van der Waals surface area contributed by atoms with Crippen LogP contribution in [0.15, 0.2) is 59.8 Å². The minimum absolute atomic E-state index is 0.112. The summed E-state index contributed by atoms with van der Waals surface area (Å²) in [4.78, 5) is 12.5. The number of thioether (sulfide) groups is 1. The third-order valence-electron chi connectivity index (χ3n) is 3.56. The zero-order chi connectivity index (χ0) is 16.9. The Morgan fingerprint density at radius 2 is 1.92 bits per heavy atom. The van der Waals surface area contributed by atoms with E-state index in [0.717, 1.165) is 15.8 Å². The van der Waals surface area contributed by atoms with E-state index in [-0.39, 0.29) is 11.2 Å². The Hall–Kier alpha value is -2.60. The van der Waals surface area contributed by atoms with Crippen LogP contribution < -0.4 is 10.1 Å². The van der Waals surface area contributed by atoms with Crippen molar-refractivity contribution < 1.29 is 9.53 Å². The van der Waals surface area contributed by atoms with Gasteiger partial charge in [-0.25, -0.2) is 0 Å². The van der Waals surface area contributed by atoms with E-state index in [9.17, 15) is 4.79 Å². The highest BCUT2D eigenvalue weighted by atomic mass is 32.2. The van der Waals surface area contributed by atoms with Crippen LogP contribution in [0.4, 0.5) is 5.69 Å². The summed E-state index contributed by atoms with van der Waals surface area (Å²) in [5.41, 5.74) is 0.654. The first-order chi connectivity index (χ1) is 11.7. The number of carbonyl (C=O) groups excluding carboxylic acids is 1. The third kappa shape index (κ3) is 3.49. The summed E-state index contributed by atoms with van der Waals surface area (Å²) in [5.74, 6) is 0.521. The maximum Gasteiger partial charge on any atom is 0.237 e. The first-order valence-corrected chi connectivity index (χ1v) is 8.38. The first kappa shape index (κ1) is 16.3. The van der Waals surface area contributed by atoms with Gasteiger partial charge in [0.1, 0.15) is 10.8 Å². The maximum absolute atomic E-state index is 12.5. The molecule has 1 atom stereocenters. The molecule has 0 aliphatic heterocycles. The van der Waals surface area contributed by atoms with Crippen LogP contribution in [0.5, 0.6) is 5.75 Å². The Kier molecular flexibility index (Phi) is 4.96. The number of nitrogens with zero attached hydrogens (tertiary/aromatic N) is 2. The van der Waals surface area contributed by atoms with Crippen LogP contribution in [0.3, 0.4) is 0 Å². The van der Waals surface area contributed by atoms with Gasteiger partial charge in [0.25, 0.3) is 0 Å². The number of ether oxygens (including phenoxy) is 1. The summed E-state index contributed by atoms with van der Waals surface area (Å²) in [7, 11) is 1.58. The second-order valence-electron chi connectivity index (χ2n) is 5.19. The molecule has 0 saturated carbocycles. The maximum atomic E-state index is 12.5. The van der Waals surface area contributed by atoms with E-state index in [4.69, 9.17) is 4.74 Å². The molecular weight excluding hydrogens is 322 g/mol. The molecule has 0 radical (unpaired) electrons. The van der Waals surface area contributed by atoms with Crippen molar-refractivity contribution in [1.82, 2.24) is 10.2 Å². The van der Waals surface area contributed by atoms with Crippen LogP contribution in [0, 0.1) is 0 Å². The first-order valence-electron chi connectivity index (χ1n) is 7.50. The van der Waals surface area contributed by atoms with Crippen molar-refractivity contribution in [2.24, 2.45) is 0 Å². The van der Waals surface area contributed by atoms with Gasteiger partial charge >= 0.3 is 0 Å². The van der Waals surface area contributed by atoms with E-state index < -0.39 is 0 Å². The van der Waals surface area contributed by atoms with Crippen LogP contribution in [0.2, 0.25) is 0 Å². The normalized spacial score (nSPS) is 11.9. The molecule has 0 unspecified atom stereocenters. The van der Waals surface area contributed by atoms with E-state index in [2.05, 4.69) is 15.5 Å². The molecule has 0 spiro atoms. The predicted molar refractivity (Wildman–Crippen MR) is 96.5 cm³/mol. The number of nitrogens with one attached hydrogen (secondary N) is 1. The number of fused-ring (bicyclic) bond motifs is 1. The van der Waals surface area contributed by atoms with Crippen molar-refractivity contribution in [3.05, 3.63) is 54.7 Å². The fourth-order valence-electron chi connectivity index (χ4n) is 2.29. The molecule has 2 aromatic carbocycles. The molecular formula is C18H17N3O2S. The molecule has 1 N–H and O–H groups in total. The summed E-state index contributed by atoms with van der Waals surface area (Å²) >= 11 is 1.39. The van der Waals surface area contributed by atoms with Crippen LogP contribution in [0.1, 0.15) is 6.92 Å². The number of aromatic nitrogens is 2. The lowest BCUT2D eigenvalue weighted by Gasteiger charge is -2.14. The number of anilines is 1. The van der Waals surface area contributed by atoms with Gasteiger partial charge in [0.15, 0.2) is 0 Å². The number of para-hydroxylation sites is 2. The molecule has 0 saturated heterocycles. The van der Waals surface area contributed by atoms with Crippen molar-refractivity contribution in [2.45, 2.75) is 17.2 Å². The molecule has 3 rings (SSSR count). The summed E-state index contributed by atoms with van der Waals surface area (Å²) in [5, 5.41) is 13.5. The predicted octanol–water partition coefficient (Wildman–Crippen LogP) is 3.76. The van der Waals surface area contributed by atoms with Crippen molar-refractivity contribution in [2.75, 3.05) is 12.4 Å². The lowest BCUT2D eigenvalue weighted by molar-refractivity contribution is -0.115. The van der Waals surface area contributed by atoms with Crippen LogP contribution in [0.25, 0.3) is 10.8 Å². The van der Waals surface area contributed by atoms with Crippen molar-refractivity contribution in [3.8, 4) is 5.75 Å². The highest BCUT2D eigenvalue weighted by molar-refractivity contribution is 8.00. The van der Waals surface area contributed by atoms with E-state index in [0.29, 0.717) is 11.4 Å². The number of hydrogen-bond donors (Lipinski definition) is 1. The van der Waals surface area contributed by atoms with Crippen LogP contribution in [-0.2, 0) is 4.79 Å². The molecule has 0 aliphatic carbocycles. The minimum Gasteiger partial charge on any atom is -0.495 e. The van der Waals surface area contributed by atoms with Gasteiger partial charge in [-0.15, -0.1) is 5.10 Å².